The van der Waals surface area contributed by atoms with Crippen LogP contribution in [0.15, 0.2) is 52.3 Å². The summed E-state index contributed by atoms with van der Waals surface area (Å²) in [5, 5.41) is 10.1. The van der Waals surface area contributed by atoms with Gasteiger partial charge in [0.2, 0.25) is 0 Å². The van der Waals surface area contributed by atoms with Crippen LogP contribution in [0.2, 0.25) is 5.02 Å². The molecule has 0 saturated carbocycles. The molecule has 0 bridgehead atoms. The van der Waals surface area contributed by atoms with Gasteiger partial charge in [0.25, 0.3) is 0 Å². The van der Waals surface area contributed by atoms with Gasteiger partial charge in [-0.1, -0.05) is 41.6 Å². The highest BCUT2D eigenvalue weighted by Crippen LogP contribution is 2.37. The second-order valence-electron chi connectivity index (χ2n) is 4.35. The molecule has 1 N–H and O–H groups in total. The lowest BCUT2D eigenvalue weighted by Crippen LogP contribution is -2.05. The Balaban J connectivity index is 2.36. The SMILES string of the molecule is COC(OC)c1ccccc1Sc1ccc(Cl)cc1CO. The molecule has 0 unspecified atom stereocenters. The number of halogens is 1. The quantitative estimate of drug-likeness (QED) is 0.805. The van der Waals surface area contributed by atoms with E-state index in [-0.39, 0.29) is 6.61 Å². The summed E-state index contributed by atoms with van der Waals surface area (Å²) >= 11 is 7.52. The summed E-state index contributed by atoms with van der Waals surface area (Å²) in [7, 11) is 3.22. The van der Waals surface area contributed by atoms with E-state index in [1.54, 1.807) is 32.0 Å². The third-order valence-electron chi connectivity index (χ3n) is 3.01. The molecule has 0 aliphatic heterocycles. The van der Waals surface area contributed by atoms with Crippen LogP contribution in [0.4, 0.5) is 0 Å². The van der Waals surface area contributed by atoms with Crippen molar-refractivity contribution >= 4 is 23.4 Å². The van der Waals surface area contributed by atoms with Crippen LogP contribution in [-0.2, 0) is 16.1 Å². The minimum Gasteiger partial charge on any atom is -0.392 e. The molecule has 0 amide bonds. The molecule has 0 aliphatic carbocycles. The van der Waals surface area contributed by atoms with E-state index in [4.69, 9.17) is 21.1 Å². The number of aliphatic hydroxyl groups excluding tert-OH is 1. The Morgan fingerprint density at radius 1 is 1.10 bits per heavy atom. The second-order valence-corrected chi connectivity index (χ2v) is 5.87. The fourth-order valence-electron chi connectivity index (χ4n) is 2.01. The topological polar surface area (TPSA) is 38.7 Å². The molecule has 0 heterocycles. The third-order valence-corrected chi connectivity index (χ3v) is 4.46. The van der Waals surface area contributed by atoms with Gasteiger partial charge in [-0.25, -0.2) is 0 Å². The number of methoxy groups -OCH3 is 2. The van der Waals surface area contributed by atoms with Crippen molar-refractivity contribution < 1.29 is 14.6 Å². The molecule has 2 aromatic carbocycles. The maximum Gasteiger partial charge on any atom is 0.184 e. The predicted molar refractivity (Wildman–Crippen MR) is 84.7 cm³/mol. The molecular weight excluding hydrogens is 308 g/mol. The Morgan fingerprint density at radius 3 is 2.48 bits per heavy atom. The molecule has 0 aliphatic rings. The van der Waals surface area contributed by atoms with Crippen molar-refractivity contribution in [2.45, 2.75) is 22.7 Å². The van der Waals surface area contributed by atoms with Gasteiger partial charge in [-0.05, 0) is 29.8 Å². The molecule has 2 rings (SSSR count). The second kappa shape index (κ2) is 7.82. The van der Waals surface area contributed by atoms with Crippen molar-refractivity contribution in [2.75, 3.05) is 14.2 Å². The number of rotatable bonds is 6. The van der Waals surface area contributed by atoms with Gasteiger partial charge in [-0.2, -0.15) is 0 Å². The summed E-state index contributed by atoms with van der Waals surface area (Å²) < 4.78 is 10.7. The van der Waals surface area contributed by atoms with Gasteiger partial charge in [0.15, 0.2) is 6.29 Å². The van der Waals surface area contributed by atoms with Gasteiger partial charge < -0.3 is 14.6 Å². The molecule has 2 aromatic rings. The predicted octanol–water partition coefficient (Wildman–Crippen LogP) is 4.27. The van der Waals surface area contributed by atoms with E-state index in [2.05, 4.69) is 0 Å². The summed E-state index contributed by atoms with van der Waals surface area (Å²) in [5.41, 5.74) is 1.75. The third kappa shape index (κ3) is 3.99. The summed E-state index contributed by atoms with van der Waals surface area (Å²) in [5.74, 6) is 0. The molecule has 0 atom stereocenters. The van der Waals surface area contributed by atoms with Crippen molar-refractivity contribution in [3.05, 3.63) is 58.6 Å². The first kappa shape index (κ1) is 16.3. The largest absolute Gasteiger partial charge is 0.392 e. The summed E-state index contributed by atoms with van der Waals surface area (Å²) in [4.78, 5) is 1.98. The van der Waals surface area contributed by atoms with E-state index >= 15 is 0 Å². The molecule has 0 fully saturated rings. The fourth-order valence-corrected chi connectivity index (χ4v) is 3.26. The van der Waals surface area contributed by atoms with E-state index in [1.165, 1.54) is 0 Å². The van der Waals surface area contributed by atoms with E-state index in [0.29, 0.717) is 5.02 Å². The average molecular weight is 325 g/mol. The molecule has 0 spiro atoms. The average Bonchev–Trinajstić information content (AvgIpc) is 2.51. The lowest BCUT2D eigenvalue weighted by atomic mass is 10.2. The Bertz CT molecular complexity index is 600. The van der Waals surface area contributed by atoms with E-state index < -0.39 is 6.29 Å². The monoisotopic (exact) mass is 324 g/mol. The normalized spacial score (nSPS) is 11.1. The zero-order chi connectivity index (χ0) is 15.2. The van der Waals surface area contributed by atoms with Crippen molar-refractivity contribution in [1.29, 1.82) is 0 Å². The highest BCUT2D eigenvalue weighted by Gasteiger charge is 2.15. The van der Waals surface area contributed by atoms with Crippen molar-refractivity contribution in [1.82, 2.24) is 0 Å². The van der Waals surface area contributed by atoms with Gasteiger partial charge >= 0.3 is 0 Å². The van der Waals surface area contributed by atoms with Crippen LogP contribution in [0.25, 0.3) is 0 Å². The Kier molecular flexibility index (Phi) is 6.08. The summed E-state index contributed by atoms with van der Waals surface area (Å²) in [6.45, 7) is -0.0525. The fraction of sp³-hybridized carbons (Fsp3) is 0.250. The maximum atomic E-state index is 9.47. The van der Waals surface area contributed by atoms with E-state index in [1.807, 2.05) is 36.4 Å². The molecule has 21 heavy (non-hydrogen) atoms. The number of ether oxygens (including phenoxy) is 2. The Hall–Kier alpha value is -1.04. The highest BCUT2D eigenvalue weighted by molar-refractivity contribution is 7.99. The zero-order valence-corrected chi connectivity index (χ0v) is 13.4. The number of hydrogen-bond acceptors (Lipinski definition) is 4. The molecule has 112 valence electrons. The van der Waals surface area contributed by atoms with Crippen molar-refractivity contribution in [3.63, 3.8) is 0 Å². The van der Waals surface area contributed by atoms with Crippen LogP contribution in [-0.4, -0.2) is 19.3 Å². The van der Waals surface area contributed by atoms with E-state index in [0.717, 1.165) is 20.9 Å². The van der Waals surface area contributed by atoms with Crippen molar-refractivity contribution in [3.8, 4) is 0 Å². The van der Waals surface area contributed by atoms with Gasteiger partial charge in [0.05, 0.1) is 6.61 Å². The molecule has 3 nitrogen and oxygen atoms in total. The molecular formula is C16H17ClO3S. The number of benzene rings is 2. The van der Waals surface area contributed by atoms with Crippen LogP contribution in [0.1, 0.15) is 17.4 Å². The zero-order valence-electron chi connectivity index (χ0n) is 11.9. The lowest BCUT2D eigenvalue weighted by Gasteiger charge is -2.18. The molecule has 0 aromatic heterocycles. The van der Waals surface area contributed by atoms with Crippen LogP contribution in [0, 0.1) is 0 Å². The standard InChI is InChI=1S/C16H17ClO3S/c1-19-16(20-2)13-5-3-4-6-15(13)21-14-8-7-12(17)9-11(14)10-18/h3-9,16,18H,10H2,1-2H3. The summed E-state index contributed by atoms with van der Waals surface area (Å²) in [6, 6.07) is 13.4. The van der Waals surface area contributed by atoms with Gasteiger partial charge in [0, 0.05) is 34.6 Å². The molecule has 0 saturated heterocycles. The van der Waals surface area contributed by atoms with Gasteiger partial charge in [0.1, 0.15) is 0 Å². The van der Waals surface area contributed by atoms with E-state index in [9.17, 15) is 5.11 Å². The maximum absolute atomic E-state index is 9.47. The first-order valence-electron chi connectivity index (χ1n) is 6.41. The number of hydrogen-bond donors (Lipinski definition) is 1. The minimum atomic E-state index is -0.418. The van der Waals surface area contributed by atoms with Crippen LogP contribution in [0.3, 0.4) is 0 Å². The first-order chi connectivity index (χ1) is 10.2. The Labute approximate surface area is 133 Å². The van der Waals surface area contributed by atoms with Crippen molar-refractivity contribution in [2.24, 2.45) is 0 Å². The lowest BCUT2D eigenvalue weighted by molar-refractivity contribution is -0.107. The molecule has 0 radical (unpaired) electrons. The van der Waals surface area contributed by atoms with Crippen LogP contribution >= 0.6 is 23.4 Å². The van der Waals surface area contributed by atoms with Crippen LogP contribution in [0.5, 0.6) is 0 Å². The van der Waals surface area contributed by atoms with Gasteiger partial charge in [-0.15, -0.1) is 0 Å². The van der Waals surface area contributed by atoms with Crippen LogP contribution < -0.4 is 0 Å². The summed E-state index contributed by atoms with van der Waals surface area (Å²) in [6.07, 6.45) is -0.418. The number of aliphatic hydroxyl groups is 1. The highest BCUT2D eigenvalue weighted by atomic mass is 35.5. The minimum absolute atomic E-state index is 0.0525. The van der Waals surface area contributed by atoms with Gasteiger partial charge in [-0.3, -0.25) is 0 Å². The first-order valence-corrected chi connectivity index (χ1v) is 7.60. The molecule has 5 heteroatoms. The smallest absolute Gasteiger partial charge is 0.184 e. The Morgan fingerprint density at radius 2 is 1.81 bits per heavy atom.